The molecule has 1 heterocycles. The van der Waals surface area contributed by atoms with E-state index in [1.165, 1.54) is 0 Å². The van der Waals surface area contributed by atoms with Crippen molar-refractivity contribution >= 4 is 11.6 Å². The smallest absolute Gasteiger partial charge is 0.163 e. The van der Waals surface area contributed by atoms with Crippen molar-refractivity contribution in [2.75, 3.05) is 13.7 Å². The van der Waals surface area contributed by atoms with Crippen molar-refractivity contribution in [1.29, 1.82) is 0 Å². The molecule has 0 radical (unpaired) electrons. The van der Waals surface area contributed by atoms with Crippen molar-refractivity contribution in [1.82, 2.24) is 10.1 Å². The number of aromatic nitrogens is 1. The lowest BCUT2D eigenvalue weighted by Crippen LogP contribution is -2.22. The third kappa shape index (κ3) is 4.65. The monoisotopic (exact) mass is 352 g/mol. The van der Waals surface area contributed by atoms with Gasteiger partial charge in [-0.2, -0.15) is 0 Å². The van der Waals surface area contributed by atoms with Crippen molar-refractivity contribution in [2.45, 2.75) is 46.4 Å². The minimum absolute atomic E-state index is 0.0565. The third-order valence-corrected chi connectivity index (χ3v) is 4.09. The predicted octanol–water partition coefficient (Wildman–Crippen LogP) is 4.71. The predicted molar refractivity (Wildman–Crippen MR) is 94.8 cm³/mol. The van der Waals surface area contributed by atoms with Crippen LogP contribution < -0.4 is 9.47 Å². The molecule has 0 spiro atoms. The Morgan fingerprint density at radius 2 is 2.00 bits per heavy atom. The highest BCUT2D eigenvalue weighted by atomic mass is 35.5. The lowest BCUT2D eigenvalue weighted by atomic mass is 10.1. The van der Waals surface area contributed by atoms with Crippen LogP contribution >= 0.6 is 11.6 Å². The minimum Gasteiger partial charge on any atom is -0.490 e. The summed E-state index contributed by atoms with van der Waals surface area (Å²) < 4.78 is 16.4. The average molecular weight is 353 g/mol. The lowest BCUT2D eigenvalue weighted by molar-refractivity contribution is 0.222. The highest BCUT2D eigenvalue weighted by molar-refractivity contribution is 6.31. The summed E-state index contributed by atoms with van der Waals surface area (Å²) in [5, 5.41) is 4.66. The molecule has 0 aliphatic rings. The molecule has 2 aromatic rings. The van der Waals surface area contributed by atoms with Crippen molar-refractivity contribution in [2.24, 2.45) is 0 Å². The fraction of sp³-hybridized carbons (Fsp3) is 0.500. The van der Waals surface area contributed by atoms with E-state index in [9.17, 15) is 0 Å². The Morgan fingerprint density at radius 1 is 1.25 bits per heavy atom. The first kappa shape index (κ1) is 18.6. The fourth-order valence-electron chi connectivity index (χ4n) is 2.38. The zero-order valence-electron chi connectivity index (χ0n) is 14.9. The second-order valence-corrected chi connectivity index (χ2v) is 6.41. The SMILES string of the molecule is CCOc1cc(CN(C)[C@@H](C)c2ccon2)c(Cl)cc1OC(C)C. The molecule has 24 heavy (non-hydrogen) atoms. The molecule has 6 heteroatoms. The lowest BCUT2D eigenvalue weighted by Gasteiger charge is -2.24. The molecule has 132 valence electrons. The van der Waals surface area contributed by atoms with Crippen LogP contribution in [0.25, 0.3) is 0 Å². The Bertz CT molecular complexity index is 644. The molecular weight excluding hydrogens is 328 g/mol. The molecule has 0 N–H and O–H groups in total. The van der Waals surface area contributed by atoms with E-state index in [0.717, 1.165) is 11.3 Å². The van der Waals surface area contributed by atoms with Crippen LogP contribution in [0.2, 0.25) is 5.02 Å². The summed E-state index contributed by atoms with van der Waals surface area (Å²) in [5.74, 6) is 1.39. The van der Waals surface area contributed by atoms with Gasteiger partial charge in [0.1, 0.15) is 12.0 Å². The topological polar surface area (TPSA) is 47.7 Å². The normalized spacial score (nSPS) is 12.7. The molecule has 0 saturated heterocycles. The van der Waals surface area contributed by atoms with Crippen molar-refractivity contribution in [3.63, 3.8) is 0 Å². The molecule has 0 fully saturated rings. The number of hydrogen-bond acceptors (Lipinski definition) is 5. The number of hydrogen-bond donors (Lipinski definition) is 0. The first-order valence-electron chi connectivity index (χ1n) is 8.14. The molecule has 0 unspecified atom stereocenters. The Hall–Kier alpha value is -1.72. The largest absolute Gasteiger partial charge is 0.490 e. The molecule has 1 atom stereocenters. The van der Waals surface area contributed by atoms with Crippen molar-refractivity contribution in [3.8, 4) is 11.5 Å². The van der Waals surface area contributed by atoms with E-state index in [-0.39, 0.29) is 12.1 Å². The van der Waals surface area contributed by atoms with Gasteiger partial charge in [0.05, 0.1) is 18.8 Å². The standard InChI is InChI=1S/C18H25ClN2O3/c1-6-22-17-9-14(15(19)10-18(17)24-12(2)3)11-21(5)13(4)16-7-8-23-20-16/h7-10,12-13H,6,11H2,1-5H3/t13-/m0/s1. The maximum Gasteiger partial charge on any atom is 0.163 e. The van der Waals surface area contributed by atoms with Crippen molar-refractivity contribution in [3.05, 3.63) is 40.7 Å². The summed E-state index contributed by atoms with van der Waals surface area (Å²) >= 11 is 6.46. The van der Waals surface area contributed by atoms with E-state index in [4.69, 9.17) is 25.6 Å². The van der Waals surface area contributed by atoms with Crippen LogP contribution in [0.5, 0.6) is 11.5 Å². The Kier molecular flexibility index (Phi) is 6.52. The van der Waals surface area contributed by atoms with Gasteiger partial charge < -0.3 is 14.0 Å². The van der Waals surface area contributed by atoms with Gasteiger partial charge >= 0.3 is 0 Å². The molecule has 0 aliphatic heterocycles. The number of benzene rings is 1. The molecule has 2 rings (SSSR count). The summed E-state index contributed by atoms with van der Waals surface area (Å²) in [6.07, 6.45) is 1.64. The van der Waals surface area contributed by atoms with Gasteiger partial charge in [-0.1, -0.05) is 16.8 Å². The number of nitrogens with zero attached hydrogens (tertiary/aromatic N) is 2. The first-order valence-corrected chi connectivity index (χ1v) is 8.52. The summed E-state index contributed by atoms with van der Waals surface area (Å²) in [6.45, 7) is 9.21. The average Bonchev–Trinajstić information content (AvgIpc) is 3.04. The summed E-state index contributed by atoms with van der Waals surface area (Å²) in [6, 6.07) is 5.77. The van der Waals surface area contributed by atoms with E-state index < -0.39 is 0 Å². The van der Waals surface area contributed by atoms with Crippen LogP contribution in [0, 0.1) is 0 Å². The summed E-state index contributed by atoms with van der Waals surface area (Å²) in [7, 11) is 2.02. The van der Waals surface area contributed by atoms with Crippen LogP contribution in [0.4, 0.5) is 0 Å². The highest BCUT2D eigenvalue weighted by Crippen LogP contribution is 2.35. The maximum atomic E-state index is 6.46. The molecule has 0 bridgehead atoms. The van der Waals surface area contributed by atoms with Crippen molar-refractivity contribution < 1.29 is 14.0 Å². The van der Waals surface area contributed by atoms with Crippen LogP contribution in [0.15, 0.2) is 29.0 Å². The van der Waals surface area contributed by atoms with Gasteiger partial charge in [0.15, 0.2) is 11.5 Å². The van der Waals surface area contributed by atoms with E-state index >= 15 is 0 Å². The zero-order valence-corrected chi connectivity index (χ0v) is 15.6. The molecular formula is C18H25ClN2O3. The van der Waals surface area contributed by atoms with Gasteiger partial charge in [-0.25, -0.2) is 0 Å². The van der Waals surface area contributed by atoms with E-state index in [2.05, 4.69) is 17.0 Å². The van der Waals surface area contributed by atoms with E-state index in [1.807, 2.05) is 46.0 Å². The third-order valence-electron chi connectivity index (χ3n) is 3.74. The molecule has 1 aromatic carbocycles. The van der Waals surface area contributed by atoms with Crippen LogP contribution in [-0.2, 0) is 6.54 Å². The summed E-state index contributed by atoms with van der Waals surface area (Å²) in [5.41, 5.74) is 1.87. The van der Waals surface area contributed by atoms with Crippen LogP contribution in [-0.4, -0.2) is 29.8 Å². The molecule has 5 nitrogen and oxygen atoms in total. The molecule has 0 aliphatic carbocycles. The number of halogens is 1. The van der Waals surface area contributed by atoms with Gasteiger partial charge in [0, 0.05) is 23.7 Å². The fourth-order valence-corrected chi connectivity index (χ4v) is 2.59. The highest BCUT2D eigenvalue weighted by Gasteiger charge is 2.18. The van der Waals surface area contributed by atoms with Crippen LogP contribution in [0.3, 0.4) is 0 Å². The molecule has 0 saturated carbocycles. The van der Waals surface area contributed by atoms with E-state index in [0.29, 0.717) is 29.7 Å². The Morgan fingerprint density at radius 3 is 2.58 bits per heavy atom. The second kappa shape index (κ2) is 8.40. The second-order valence-electron chi connectivity index (χ2n) is 6.01. The molecule has 0 amide bonds. The van der Waals surface area contributed by atoms with E-state index in [1.54, 1.807) is 6.26 Å². The van der Waals surface area contributed by atoms with Gasteiger partial charge in [-0.15, -0.1) is 0 Å². The zero-order chi connectivity index (χ0) is 17.7. The van der Waals surface area contributed by atoms with Crippen LogP contribution in [0.1, 0.15) is 45.0 Å². The maximum absolute atomic E-state index is 6.46. The van der Waals surface area contributed by atoms with Gasteiger partial charge in [0.2, 0.25) is 0 Å². The number of ether oxygens (including phenoxy) is 2. The van der Waals surface area contributed by atoms with Gasteiger partial charge in [0.25, 0.3) is 0 Å². The molecule has 1 aromatic heterocycles. The quantitative estimate of drug-likeness (QED) is 0.688. The van der Waals surface area contributed by atoms with Gasteiger partial charge in [-0.3, -0.25) is 4.90 Å². The Labute approximate surface area is 148 Å². The first-order chi connectivity index (χ1) is 11.4. The number of rotatable bonds is 8. The van der Waals surface area contributed by atoms with Gasteiger partial charge in [-0.05, 0) is 46.4 Å². The Balaban J connectivity index is 2.21. The minimum atomic E-state index is 0.0565. The summed E-state index contributed by atoms with van der Waals surface area (Å²) in [4.78, 5) is 2.15.